The molecule has 1 aliphatic rings. The van der Waals surface area contributed by atoms with Crippen molar-refractivity contribution in [2.75, 3.05) is 0 Å². The van der Waals surface area contributed by atoms with Crippen LogP contribution >= 0.6 is 22.6 Å². The number of hydrogen-bond donors (Lipinski definition) is 0. The largest absolute Gasteiger partial charge is 0.294 e. The first-order valence-electron chi connectivity index (χ1n) is 5.98. The summed E-state index contributed by atoms with van der Waals surface area (Å²) in [6.07, 6.45) is 5.56. The Morgan fingerprint density at radius 3 is 2.31 bits per heavy atom. The van der Waals surface area contributed by atoms with Crippen molar-refractivity contribution in [2.45, 2.75) is 39.0 Å². The van der Waals surface area contributed by atoms with E-state index in [4.69, 9.17) is 0 Å². The molecule has 0 aliphatic heterocycles. The minimum Gasteiger partial charge on any atom is -0.294 e. The fourth-order valence-corrected chi connectivity index (χ4v) is 3.06. The van der Waals surface area contributed by atoms with Gasteiger partial charge in [-0.1, -0.05) is 31.9 Å². The average molecular weight is 328 g/mol. The Morgan fingerprint density at radius 2 is 1.81 bits per heavy atom. The van der Waals surface area contributed by atoms with Gasteiger partial charge < -0.3 is 0 Å². The van der Waals surface area contributed by atoms with E-state index in [2.05, 4.69) is 29.5 Å². The highest BCUT2D eigenvalue weighted by Crippen LogP contribution is 2.43. The maximum atomic E-state index is 12.5. The first kappa shape index (κ1) is 12.1. The first-order chi connectivity index (χ1) is 7.68. The van der Waals surface area contributed by atoms with Gasteiger partial charge in [0.15, 0.2) is 5.78 Å². The van der Waals surface area contributed by atoms with Gasteiger partial charge in [0.05, 0.1) is 0 Å². The summed E-state index contributed by atoms with van der Waals surface area (Å²) in [6.45, 7) is 2.15. The lowest BCUT2D eigenvalue weighted by Gasteiger charge is -2.25. The zero-order valence-electron chi connectivity index (χ0n) is 9.63. The van der Waals surface area contributed by atoms with Gasteiger partial charge in [-0.3, -0.25) is 4.79 Å². The molecular weight excluding hydrogens is 311 g/mol. The predicted octanol–water partition coefficient (Wildman–Crippen LogP) is 4.44. The molecule has 2 heteroatoms. The topological polar surface area (TPSA) is 17.1 Å². The first-order valence-corrected chi connectivity index (χ1v) is 7.06. The Hall–Kier alpha value is -0.380. The van der Waals surface area contributed by atoms with Crippen LogP contribution in [0.15, 0.2) is 24.3 Å². The highest BCUT2D eigenvalue weighted by atomic mass is 127. The van der Waals surface area contributed by atoms with Crippen LogP contribution in [0.2, 0.25) is 0 Å². The number of Topliss-reactive ketones (excluding diaryl/α,β-unsaturated/α-hetero) is 1. The van der Waals surface area contributed by atoms with Crippen molar-refractivity contribution in [3.8, 4) is 0 Å². The summed E-state index contributed by atoms with van der Waals surface area (Å²) in [7, 11) is 0. The molecule has 1 nitrogen and oxygen atoms in total. The van der Waals surface area contributed by atoms with Crippen molar-refractivity contribution in [3.05, 3.63) is 33.4 Å². The standard InChI is InChI=1S/C14H17IO/c1-2-14(9-3-4-10-14)13(16)11-5-7-12(15)8-6-11/h5-8H,2-4,9-10H2,1H3. The Bertz CT molecular complexity index is 374. The molecule has 0 unspecified atom stereocenters. The lowest BCUT2D eigenvalue weighted by Crippen LogP contribution is -2.27. The maximum Gasteiger partial charge on any atom is 0.168 e. The summed E-state index contributed by atoms with van der Waals surface area (Å²) < 4.78 is 1.19. The van der Waals surface area contributed by atoms with Crippen molar-refractivity contribution in [1.82, 2.24) is 0 Å². The monoisotopic (exact) mass is 328 g/mol. The SMILES string of the molecule is CCC1(C(=O)c2ccc(I)cc2)CCCC1. The highest BCUT2D eigenvalue weighted by Gasteiger charge is 2.39. The Balaban J connectivity index is 2.26. The Morgan fingerprint density at radius 1 is 1.25 bits per heavy atom. The lowest BCUT2D eigenvalue weighted by atomic mass is 9.76. The third kappa shape index (κ3) is 2.17. The number of carbonyl (C=O) groups excluding carboxylic acids is 1. The minimum atomic E-state index is -0.0488. The number of halogens is 1. The molecule has 0 radical (unpaired) electrons. The molecular formula is C14H17IO. The molecule has 0 aromatic heterocycles. The summed E-state index contributed by atoms with van der Waals surface area (Å²) in [5.74, 6) is 0.365. The van der Waals surface area contributed by atoms with E-state index in [0.717, 1.165) is 24.8 Å². The van der Waals surface area contributed by atoms with Crippen LogP contribution in [0.4, 0.5) is 0 Å². The van der Waals surface area contributed by atoms with E-state index in [0.29, 0.717) is 5.78 Å². The zero-order valence-corrected chi connectivity index (χ0v) is 11.8. The van der Waals surface area contributed by atoms with E-state index < -0.39 is 0 Å². The molecule has 16 heavy (non-hydrogen) atoms. The van der Waals surface area contributed by atoms with Crippen molar-refractivity contribution < 1.29 is 4.79 Å². The second-order valence-corrected chi connectivity index (χ2v) is 5.92. The summed E-state index contributed by atoms with van der Waals surface area (Å²) in [4.78, 5) is 12.5. The molecule has 0 amide bonds. The van der Waals surface area contributed by atoms with Crippen LogP contribution in [0.5, 0.6) is 0 Å². The van der Waals surface area contributed by atoms with Gasteiger partial charge in [0.1, 0.15) is 0 Å². The van der Waals surface area contributed by atoms with E-state index in [1.807, 2.05) is 24.3 Å². The van der Waals surface area contributed by atoms with Gasteiger partial charge in [-0.2, -0.15) is 0 Å². The quantitative estimate of drug-likeness (QED) is 0.592. The van der Waals surface area contributed by atoms with Crippen molar-refractivity contribution in [2.24, 2.45) is 5.41 Å². The normalized spacial score (nSPS) is 18.6. The number of benzene rings is 1. The number of ketones is 1. The molecule has 0 heterocycles. The van der Waals surface area contributed by atoms with Crippen LogP contribution in [-0.4, -0.2) is 5.78 Å². The molecule has 2 rings (SSSR count). The molecule has 0 N–H and O–H groups in total. The maximum absolute atomic E-state index is 12.5. The van der Waals surface area contributed by atoms with Crippen LogP contribution in [0.3, 0.4) is 0 Å². The average Bonchev–Trinajstić information content (AvgIpc) is 2.79. The van der Waals surface area contributed by atoms with E-state index >= 15 is 0 Å². The summed E-state index contributed by atoms with van der Waals surface area (Å²) in [6, 6.07) is 7.98. The second kappa shape index (κ2) is 4.86. The van der Waals surface area contributed by atoms with E-state index in [1.165, 1.54) is 16.4 Å². The lowest BCUT2D eigenvalue weighted by molar-refractivity contribution is 0.0791. The molecule has 0 spiro atoms. The molecule has 1 aromatic rings. The molecule has 1 aromatic carbocycles. The van der Waals surface area contributed by atoms with Crippen LogP contribution < -0.4 is 0 Å². The van der Waals surface area contributed by atoms with Gasteiger partial charge in [-0.05, 0) is 54.0 Å². The number of carbonyl (C=O) groups is 1. The fraction of sp³-hybridized carbons (Fsp3) is 0.500. The van der Waals surface area contributed by atoms with Crippen LogP contribution in [0.25, 0.3) is 0 Å². The smallest absolute Gasteiger partial charge is 0.168 e. The minimum absolute atomic E-state index is 0.0488. The molecule has 0 saturated heterocycles. The number of rotatable bonds is 3. The van der Waals surface area contributed by atoms with Crippen molar-refractivity contribution in [3.63, 3.8) is 0 Å². The Kier molecular flexibility index (Phi) is 3.67. The highest BCUT2D eigenvalue weighted by molar-refractivity contribution is 14.1. The van der Waals surface area contributed by atoms with Gasteiger partial charge in [-0.15, -0.1) is 0 Å². The Labute approximate surface area is 111 Å². The van der Waals surface area contributed by atoms with Gasteiger partial charge in [0.2, 0.25) is 0 Å². The molecule has 1 saturated carbocycles. The van der Waals surface area contributed by atoms with Crippen LogP contribution in [0.1, 0.15) is 49.4 Å². The van der Waals surface area contributed by atoms with Crippen molar-refractivity contribution in [1.29, 1.82) is 0 Å². The van der Waals surface area contributed by atoms with E-state index in [1.54, 1.807) is 0 Å². The summed E-state index contributed by atoms with van der Waals surface area (Å²) >= 11 is 2.27. The predicted molar refractivity (Wildman–Crippen MR) is 74.7 cm³/mol. The third-order valence-electron chi connectivity index (χ3n) is 3.83. The second-order valence-electron chi connectivity index (χ2n) is 4.68. The molecule has 1 aliphatic carbocycles. The number of hydrogen-bond acceptors (Lipinski definition) is 1. The molecule has 1 fully saturated rings. The molecule has 86 valence electrons. The zero-order chi connectivity index (χ0) is 11.6. The van der Waals surface area contributed by atoms with Gasteiger partial charge in [-0.25, -0.2) is 0 Å². The van der Waals surface area contributed by atoms with E-state index in [9.17, 15) is 4.79 Å². The van der Waals surface area contributed by atoms with Crippen molar-refractivity contribution >= 4 is 28.4 Å². The molecule has 0 atom stereocenters. The van der Waals surface area contributed by atoms with Crippen LogP contribution in [-0.2, 0) is 0 Å². The summed E-state index contributed by atoms with van der Waals surface area (Å²) in [5.41, 5.74) is 0.844. The van der Waals surface area contributed by atoms with Crippen LogP contribution in [0, 0.1) is 8.99 Å². The molecule has 0 bridgehead atoms. The van der Waals surface area contributed by atoms with Gasteiger partial charge >= 0.3 is 0 Å². The van der Waals surface area contributed by atoms with E-state index in [-0.39, 0.29) is 5.41 Å². The fourth-order valence-electron chi connectivity index (χ4n) is 2.70. The third-order valence-corrected chi connectivity index (χ3v) is 4.54. The van der Waals surface area contributed by atoms with Gasteiger partial charge in [0, 0.05) is 14.5 Å². The van der Waals surface area contributed by atoms with Gasteiger partial charge in [0.25, 0.3) is 0 Å². The summed E-state index contributed by atoms with van der Waals surface area (Å²) in [5, 5.41) is 0.